The Bertz CT molecular complexity index is 500. The van der Waals surface area contributed by atoms with E-state index < -0.39 is 5.97 Å². The molecule has 0 saturated carbocycles. The molecule has 2 unspecified atom stereocenters. The highest BCUT2D eigenvalue weighted by atomic mass is 16.5. The van der Waals surface area contributed by atoms with E-state index in [1.54, 1.807) is 12.4 Å². The van der Waals surface area contributed by atoms with Crippen molar-refractivity contribution in [1.82, 2.24) is 9.88 Å². The number of aromatic nitrogens is 1. The first kappa shape index (κ1) is 18.0. The molecule has 0 spiro atoms. The fourth-order valence-corrected chi connectivity index (χ4v) is 2.56. The molecule has 0 fully saturated rings. The molecule has 22 heavy (non-hydrogen) atoms. The van der Waals surface area contributed by atoms with Crippen LogP contribution in [0.4, 0.5) is 0 Å². The van der Waals surface area contributed by atoms with Crippen molar-refractivity contribution in [2.75, 3.05) is 20.7 Å². The van der Waals surface area contributed by atoms with Gasteiger partial charge >= 0.3 is 5.97 Å². The fourth-order valence-electron chi connectivity index (χ4n) is 2.56. The third-order valence-corrected chi connectivity index (χ3v) is 3.66. The normalized spacial score (nSPS) is 13.5. The van der Waals surface area contributed by atoms with Crippen LogP contribution in [0.25, 0.3) is 0 Å². The SMILES string of the molecule is C=CC(=O)OCC(=O)C(Cc1cccnc1)C(CC)N(C)C. The van der Waals surface area contributed by atoms with Crippen LogP contribution >= 0.6 is 0 Å². The van der Waals surface area contributed by atoms with Gasteiger partial charge in [0.2, 0.25) is 0 Å². The summed E-state index contributed by atoms with van der Waals surface area (Å²) in [4.78, 5) is 29.8. The largest absolute Gasteiger partial charge is 0.455 e. The van der Waals surface area contributed by atoms with Gasteiger partial charge in [0, 0.05) is 30.4 Å². The molecule has 1 heterocycles. The molecule has 1 aromatic rings. The van der Waals surface area contributed by atoms with Gasteiger partial charge in [-0.3, -0.25) is 9.78 Å². The quantitative estimate of drug-likeness (QED) is 0.515. The first-order chi connectivity index (χ1) is 10.5. The summed E-state index contributed by atoms with van der Waals surface area (Å²) >= 11 is 0. The Balaban J connectivity index is 2.87. The van der Waals surface area contributed by atoms with Crippen molar-refractivity contribution in [1.29, 1.82) is 0 Å². The third-order valence-electron chi connectivity index (χ3n) is 3.66. The summed E-state index contributed by atoms with van der Waals surface area (Å²) in [5, 5.41) is 0. The highest BCUT2D eigenvalue weighted by Gasteiger charge is 2.29. The van der Waals surface area contributed by atoms with Crippen molar-refractivity contribution in [2.24, 2.45) is 5.92 Å². The molecule has 0 aliphatic heterocycles. The lowest BCUT2D eigenvalue weighted by Crippen LogP contribution is -2.41. The van der Waals surface area contributed by atoms with Gasteiger partial charge in [0.05, 0.1) is 0 Å². The minimum atomic E-state index is -0.577. The number of rotatable bonds is 9. The van der Waals surface area contributed by atoms with E-state index in [-0.39, 0.29) is 24.3 Å². The molecule has 1 aromatic heterocycles. The molecule has 0 aromatic carbocycles. The van der Waals surface area contributed by atoms with Crippen LogP contribution < -0.4 is 0 Å². The number of hydrogen-bond acceptors (Lipinski definition) is 5. The molecular weight excluding hydrogens is 280 g/mol. The Morgan fingerprint density at radius 1 is 1.45 bits per heavy atom. The first-order valence-corrected chi connectivity index (χ1v) is 7.36. The second-order valence-electron chi connectivity index (χ2n) is 5.39. The summed E-state index contributed by atoms with van der Waals surface area (Å²) in [6, 6.07) is 3.88. The molecule has 0 N–H and O–H groups in total. The van der Waals surface area contributed by atoms with Gasteiger partial charge in [-0.25, -0.2) is 4.79 Å². The number of ether oxygens (including phenoxy) is 1. The lowest BCUT2D eigenvalue weighted by atomic mass is 9.87. The van der Waals surface area contributed by atoms with Crippen LogP contribution in [0.1, 0.15) is 18.9 Å². The molecule has 5 heteroatoms. The van der Waals surface area contributed by atoms with Gasteiger partial charge in [-0.1, -0.05) is 19.6 Å². The summed E-state index contributed by atoms with van der Waals surface area (Å²) in [6.45, 7) is 5.15. The van der Waals surface area contributed by atoms with Crippen molar-refractivity contribution in [3.63, 3.8) is 0 Å². The van der Waals surface area contributed by atoms with Crippen LogP contribution in [0.15, 0.2) is 37.2 Å². The molecule has 0 saturated heterocycles. The van der Waals surface area contributed by atoms with Crippen LogP contribution in [-0.4, -0.2) is 48.4 Å². The van der Waals surface area contributed by atoms with Crippen molar-refractivity contribution in [3.8, 4) is 0 Å². The van der Waals surface area contributed by atoms with Crippen molar-refractivity contribution < 1.29 is 14.3 Å². The van der Waals surface area contributed by atoms with Gasteiger partial charge in [-0.15, -0.1) is 0 Å². The molecule has 0 aliphatic rings. The van der Waals surface area contributed by atoms with Gasteiger partial charge in [0.15, 0.2) is 12.4 Å². The second kappa shape index (κ2) is 9.10. The van der Waals surface area contributed by atoms with E-state index in [2.05, 4.69) is 11.6 Å². The minimum Gasteiger partial charge on any atom is -0.455 e. The number of pyridine rings is 1. The van der Waals surface area contributed by atoms with Gasteiger partial charge in [-0.05, 0) is 38.6 Å². The lowest BCUT2D eigenvalue weighted by Gasteiger charge is -2.30. The van der Waals surface area contributed by atoms with Crippen LogP contribution in [0.3, 0.4) is 0 Å². The van der Waals surface area contributed by atoms with Crippen molar-refractivity contribution in [3.05, 3.63) is 42.7 Å². The maximum Gasteiger partial charge on any atom is 0.330 e. The zero-order chi connectivity index (χ0) is 16.5. The summed E-state index contributed by atoms with van der Waals surface area (Å²) < 4.78 is 4.91. The number of nitrogens with zero attached hydrogens (tertiary/aromatic N) is 2. The Morgan fingerprint density at radius 3 is 2.68 bits per heavy atom. The Hall–Kier alpha value is -2.01. The topological polar surface area (TPSA) is 59.5 Å². The van der Waals surface area contributed by atoms with Gasteiger partial charge < -0.3 is 9.64 Å². The zero-order valence-corrected chi connectivity index (χ0v) is 13.5. The van der Waals surface area contributed by atoms with Gasteiger partial charge in [0.25, 0.3) is 0 Å². The number of ketones is 1. The molecule has 1 rings (SSSR count). The summed E-state index contributed by atoms with van der Waals surface area (Å²) in [5.41, 5.74) is 0.996. The molecule has 5 nitrogen and oxygen atoms in total. The molecule has 0 radical (unpaired) electrons. The fraction of sp³-hybridized carbons (Fsp3) is 0.471. The van der Waals surface area contributed by atoms with Crippen LogP contribution in [0.5, 0.6) is 0 Å². The zero-order valence-electron chi connectivity index (χ0n) is 13.5. The smallest absolute Gasteiger partial charge is 0.330 e. The monoisotopic (exact) mass is 304 g/mol. The predicted molar refractivity (Wildman–Crippen MR) is 85.4 cm³/mol. The number of hydrogen-bond donors (Lipinski definition) is 0. The van der Waals surface area contributed by atoms with Crippen molar-refractivity contribution in [2.45, 2.75) is 25.8 Å². The Labute approximate surface area is 132 Å². The van der Waals surface area contributed by atoms with Gasteiger partial charge in [0.1, 0.15) is 0 Å². The van der Waals surface area contributed by atoms with Gasteiger partial charge in [-0.2, -0.15) is 0 Å². The summed E-state index contributed by atoms with van der Waals surface area (Å²) in [6.07, 6.45) is 5.94. The molecule has 2 atom stereocenters. The van der Waals surface area contributed by atoms with E-state index in [0.29, 0.717) is 6.42 Å². The van der Waals surface area contributed by atoms with E-state index in [0.717, 1.165) is 18.1 Å². The molecule has 120 valence electrons. The van der Waals surface area contributed by atoms with E-state index in [1.807, 2.05) is 38.1 Å². The Kier molecular flexibility index (Phi) is 7.46. The van der Waals surface area contributed by atoms with Crippen LogP contribution in [-0.2, 0) is 20.7 Å². The van der Waals surface area contributed by atoms with Crippen LogP contribution in [0.2, 0.25) is 0 Å². The molecule has 0 amide bonds. The predicted octanol–water partition coefficient (Wildman–Crippen LogP) is 1.88. The summed E-state index contributed by atoms with van der Waals surface area (Å²) in [5.74, 6) is -0.909. The maximum absolute atomic E-state index is 12.5. The maximum atomic E-state index is 12.5. The van der Waals surface area contributed by atoms with E-state index in [4.69, 9.17) is 4.74 Å². The average molecular weight is 304 g/mol. The highest BCUT2D eigenvalue weighted by Crippen LogP contribution is 2.19. The Morgan fingerprint density at radius 2 is 2.18 bits per heavy atom. The highest BCUT2D eigenvalue weighted by molar-refractivity contribution is 5.87. The van der Waals surface area contributed by atoms with Crippen LogP contribution in [0, 0.1) is 5.92 Å². The first-order valence-electron chi connectivity index (χ1n) is 7.36. The second-order valence-corrected chi connectivity index (χ2v) is 5.39. The lowest BCUT2D eigenvalue weighted by molar-refractivity contribution is -0.145. The summed E-state index contributed by atoms with van der Waals surface area (Å²) in [7, 11) is 3.90. The standard InChI is InChI=1S/C17H24N2O3/c1-5-15(19(3)4)14(10-13-8-7-9-18-11-13)16(20)12-22-17(21)6-2/h6-9,11,14-15H,2,5,10,12H2,1,3-4H3. The number of carbonyl (C=O) groups is 2. The molecular formula is C17H24N2O3. The van der Waals surface area contributed by atoms with Crippen molar-refractivity contribution >= 4 is 11.8 Å². The minimum absolute atomic E-state index is 0.0788. The van der Waals surface area contributed by atoms with E-state index >= 15 is 0 Å². The van der Waals surface area contributed by atoms with E-state index in [1.165, 1.54) is 0 Å². The number of carbonyl (C=O) groups excluding carboxylic acids is 2. The third kappa shape index (κ3) is 5.41. The number of Topliss-reactive ketones (excluding diaryl/α,β-unsaturated/α-hetero) is 1. The molecule has 0 aliphatic carbocycles. The average Bonchev–Trinajstić information content (AvgIpc) is 2.52. The number of esters is 1. The molecule has 0 bridgehead atoms. The van der Waals surface area contributed by atoms with E-state index in [9.17, 15) is 9.59 Å².